The Labute approximate surface area is 140 Å². The lowest BCUT2D eigenvalue weighted by atomic mass is 10.0. The van der Waals surface area contributed by atoms with Crippen LogP contribution in [-0.2, 0) is 22.5 Å². The van der Waals surface area contributed by atoms with E-state index in [1.807, 2.05) is 30.6 Å². The number of hydrogen-bond donors (Lipinski definition) is 3. The van der Waals surface area contributed by atoms with Gasteiger partial charge in [0.2, 0.25) is 5.91 Å². The summed E-state index contributed by atoms with van der Waals surface area (Å²) in [6.07, 6.45) is 6.33. The summed E-state index contributed by atoms with van der Waals surface area (Å²) >= 11 is 0. The van der Waals surface area contributed by atoms with Crippen molar-refractivity contribution in [3.63, 3.8) is 0 Å². The molecule has 132 valence electrons. The molecular formula is C16H24N4O4. The molecule has 1 aromatic heterocycles. The first kappa shape index (κ1) is 18.0. The first-order valence-corrected chi connectivity index (χ1v) is 7.99. The summed E-state index contributed by atoms with van der Waals surface area (Å²) in [6, 6.07) is -1.09. The van der Waals surface area contributed by atoms with E-state index < -0.39 is 12.1 Å². The number of imidazole rings is 1. The van der Waals surface area contributed by atoms with Crippen molar-refractivity contribution in [2.75, 3.05) is 13.2 Å². The fourth-order valence-corrected chi connectivity index (χ4v) is 2.39. The molecular weight excluding hydrogens is 312 g/mol. The highest BCUT2D eigenvalue weighted by Crippen LogP contribution is 2.07. The standard InChI is InChI=1S/C16H24N4O4/c1-11(2)14-9-24-6-4-3-5-20-8-12(17-10-20)7-13(15(21)18-14)19-16(22)23/h3-4,8,10-11,13-14,19H,5-7,9H2,1-2H3,(H,18,21)(H,22,23)/t13-,14-/m1/s1. The first-order chi connectivity index (χ1) is 11.5. The number of amides is 2. The summed E-state index contributed by atoms with van der Waals surface area (Å²) in [5.41, 5.74) is 0.659. The minimum atomic E-state index is -1.24. The van der Waals surface area contributed by atoms with Crippen molar-refractivity contribution in [1.82, 2.24) is 20.2 Å². The number of carbonyl (C=O) groups excluding carboxylic acids is 1. The number of carboxylic acid groups (broad SMARTS) is 1. The molecule has 0 radical (unpaired) electrons. The summed E-state index contributed by atoms with van der Waals surface area (Å²) in [5.74, 6) is -0.211. The Morgan fingerprint density at radius 3 is 3.00 bits per heavy atom. The maximum absolute atomic E-state index is 12.5. The molecule has 2 atom stereocenters. The minimum Gasteiger partial charge on any atom is -0.465 e. The van der Waals surface area contributed by atoms with E-state index in [1.54, 1.807) is 12.5 Å². The lowest BCUT2D eigenvalue weighted by Crippen LogP contribution is -2.52. The van der Waals surface area contributed by atoms with E-state index in [9.17, 15) is 9.59 Å². The predicted octanol–water partition coefficient (Wildman–Crippen LogP) is 0.789. The molecule has 0 aliphatic carbocycles. The number of nitrogens with zero attached hydrogens (tertiary/aromatic N) is 2. The quantitative estimate of drug-likeness (QED) is 0.693. The number of allylic oxidation sites excluding steroid dienone is 1. The van der Waals surface area contributed by atoms with Crippen LogP contribution in [0.3, 0.4) is 0 Å². The smallest absolute Gasteiger partial charge is 0.405 e. The van der Waals surface area contributed by atoms with Gasteiger partial charge in [0.25, 0.3) is 0 Å². The summed E-state index contributed by atoms with van der Waals surface area (Å²) in [4.78, 5) is 27.8. The molecule has 0 saturated heterocycles. The molecule has 2 heterocycles. The second-order valence-electron chi connectivity index (χ2n) is 6.14. The highest BCUT2D eigenvalue weighted by molar-refractivity contribution is 5.85. The Bertz CT molecular complexity index is 597. The van der Waals surface area contributed by atoms with Crippen LogP contribution in [0.4, 0.5) is 4.79 Å². The van der Waals surface area contributed by atoms with Crippen LogP contribution in [0.25, 0.3) is 0 Å². The molecule has 1 aliphatic heterocycles. The van der Waals surface area contributed by atoms with Crippen molar-refractivity contribution < 1.29 is 19.4 Å². The number of hydrogen-bond acceptors (Lipinski definition) is 4. The number of aromatic nitrogens is 2. The predicted molar refractivity (Wildman–Crippen MR) is 87.6 cm³/mol. The van der Waals surface area contributed by atoms with Crippen LogP contribution in [0, 0.1) is 5.92 Å². The van der Waals surface area contributed by atoms with Gasteiger partial charge in [-0.3, -0.25) is 4.79 Å². The van der Waals surface area contributed by atoms with Gasteiger partial charge < -0.3 is 25.0 Å². The van der Waals surface area contributed by atoms with Crippen molar-refractivity contribution in [3.05, 3.63) is 30.4 Å². The van der Waals surface area contributed by atoms with Crippen LogP contribution < -0.4 is 10.6 Å². The molecule has 2 bridgehead atoms. The third-order valence-corrected chi connectivity index (χ3v) is 3.84. The average Bonchev–Trinajstić information content (AvgIpc) is 2.94. The van der Waals surface area contributed by atoms with Crippen LogP contribution in [-0.4, -0.2) is 52.0 Å². The highest BCUT2D eigenvalue weighted by atomic mass is 16.5. The van der Waals surface area contributed by atoms with Gasteiger partial charge in [0.15, 0.2) is 0 Å². The zero-order chi connectivity index (χ0) is 17.5. The maximum atomic E-state index is 12.5. The maximum Gasteiger partial charge on any atom is 0.405 e. The molecule has 8 nitrogen and oxygen atoms in total. The van der Waals surface area contributed by atoms with Crippen molar-refractivity contribution in [2.45, 2.75) is 38.9 Å². The lowest BCUT2D eigenvalue weighted by Gasteiger charge is -2.25. The topological polar surface area (TPSA) is 105 Å². The van der Waals surface area contributed by atoms with Gasteiger partial charge in [0.05, 0.1) is 31.3 Å². The minimum absolute atomic E-state index is 0.163. The van der Waals surface area contributed by atoms with Crippen LogP contribution in [0.2, 0.25) is 0 Å². The zero-order valence-electron chi connectivity index (χ0n) is 13.9. The van der Waals surface area contributed by atoms with Crippen LogP contribution in [0.5, 0.6) is 0 Å². The fourth-order valence-electron chi connectivity index (χ4n) is 2.39. The Kier molecular flexibility index (Phi) is 6.36. The molecule has 0 aromatic carbocycles. The van der Waals surface area contributed by atoms with Gasteiger partial charge in [-0.2, -0.15) is 0 Å². The molecule has 3 N–H and O–H groups in total. The molecule has 1 aromatic rings. The van der Waals surface area contributed by atoms with Crippen LogP contribution in [0.1, 0.15) is 19.5 Å². The molecule has 2 amide bonds. The summed E-state index contributed by atoms with van der Waals surface area (Å²) in [7, 11) is 0. The number of ether oxygens (including phenoxy) is 1. The second kappa shape index (κ2) is 8.49. The van der Waals surface area contributed by atoms with Crippen molar-refractivity contribution >= 4 is 12.0 Å². The van der Waals surface area contributed by atoms with Crippen molar-refractivity contribution in [3.8, 4) is 0 Å². The summed E-state index contributed by atoms with van der Waals surface area (Å²) < 4.78 is 7.46. The molecule has 0 unspecified atom stereocenters. The number of fused-ring (bicyclic) bond motifs is 2. The van der Waals surface area contributed by atoms with Gasteiger partial charge in [0, 0.05) is 19.2 Å². The van der Waals surface area contributed by atoms with Crippen LogP contribution in [0.15, 0.2) is 24.7 Å². The Balaban J connectivity index is 2.21. The number of carbonyl (C=O) groups is 2. The van der Waals surface area contributed by atoms with Crippen molar-refractivity contribution in [2.24, 2.45) is 5.92 Å². The molecule has 24 heavy (non-hydrogen) atoms. The van der Waals surface area contributed by atoms with Gasteiger partial charge in [0.1, 0.15) is 6.04 Å². The Morgan fingerprint density at radius 1 is 1.50 bits per heavy atom. The van der Waals surface area contributed by atoms with Gasteiger partial charge in [-0.15, -0.1) is 0 Å². The zero-order valence-corrected chi connectivity index (χ0v) is 13.9. The normalized spacial score (nSPS) is 22.7. The molecule has 0 fully saturated rings. The van der Waals surface area contributed by atoms with E-state index in [1.165, 1.54) is 0 Å². The van der Waals surface area contributed by atoms with E-state index in [4.69, 9.17) is 9.84 Å². The first-order valence-electron chi connectivity index (χ1n) is 7.99. The SMILES string of the molecule is CC(C)[C@H]1COCC=CCn2cnc(c2)C[C@@H](NC(=O)O)C(=O)N1. The monoisotopic (exact) mass is 336 g/mol. The fraction of sp³-hybridized carbons (Fsp3) is 0.562. The van der Waals surface area contributed by atoms with Gasteiger partial charge >= 0.3 is 6.09 Å². The van der Waals surface area contributed by atoms with E-state index in [-0.39, 0.29) is 24.3 Å². The number of nitrogens with one attached hydrogen (secondary N) is 2. The summed E-state index contributed by atoms with van der Waals surface area (Å²) in [6.45, 7) is 5.43. The number of rotatable bonds is 2. The van der Waals surface area contributed by atoms with Crippen LogP contribution >= 0.6 is 0 Å². The average molecular weight is 336 g/mol. The second-order valence-corrected chi connectivity index (χ2v) is 6.14. The van der Waals surface area contributed by atoms with Gasteiger partial charge in [-0.05, 0) is 5.92 Å². The molecule has 0 spiro atoms. The molecule has 0 saturated carbocycles. The van der Waals surface area contributed by atoms with Gasteiger partial charge in [-0.25, -0.2) is 9.78 Å². The third-order valence-electron chi connectivity index (χ3n) is 3.84. The molecule has 8 heteroatoms. The molecule has 1 aliphatic rings. The highest BCUT2D eigenvalue weighted by Gasteiger charge is 2.25. The summed E-state index contributed by atoms with van der Waals surface area (Å²) in [5, 5.41) is 14.2. The van der Waals surface area contributed by atoms with E-state index >= 15 is 0 Å². The van der Waals surface area contributed by atoms with Gasteiger partial charge in [-0.1, -0.05) is 26.0 Å². The van der Waals surface area contributed by atoms with E-state index in [2.05, 4.69) is 15.6 Å². The molecule has 2 rings (SSSR count). The van der Waals surface area contributed by atoms with Crippen molar-refractivity contribution in [1.29, 1.82) is 0 Å². The van der Waals surface area contributed by atoms with E-state index in [0.29, 0.717) is 25.5 Å². The Hall–Kier alpha value is -2.35. The lowest BCUT2D eigenvalue weighted by molar-refractivity contribution is -0.124. The Morgan fingerprint density at radius 2 is 2.29 bits per heavy atom. The van der Waals surface area contributed by atoms with E-state index in [0.717, 1.165) is 0 Å². The third kappa shape index (κ3) is 5.38. The largest absolute Gasteiger partial charge is 0.465 e.